The smallest absolute Gasteiger partial charge is 0.000782 e. The third kappa shape index (κ3) is 1.47. The third-order valence-electron chi connectivity index (χ3n) is 2.52. The molecule has 0 aromatic carbocycles. The molecule has 0 amide bonds. The van der Waals surface area contributed by atoms with E-state index >= 15 is 0 Å². The van der Waals surface area contributed by atoms with Crippen LogP contribution in [0.1, 0.15) is 25.7 Å². The number of hydrogen-bond donors (Lipinski definition) is 1. The Hall–Kier alpha value is 0.440. The Morgan fingerprint density at radius 3 is 2.22 bits per heavy atom. The molecule has 1 N–H and O–H groups in total. The largest absolute Gasteiger partial charge is 0.316 e. The van der Waals surface area contributed by atoms with Gasteiger partial charge in [-0.3, -0.25) is 0 Å². The molecule has 0 bridgehead atoms. The van der Waals surface area contributed by atoms with Crippen LogP contribution in [0.2, 0.25) is 0 Å². The van der Waals surface area contributed by atoms with E-state index in [1.165, 1.54) is 38.8 Å². The first-order chi connectivity index (χ1) is 3.91. The summed E-state index contributed by atoms with van der Waals surface area (Å²) in [6.45, 7) is 2.58. The molecule has 0 aromatic rings. The van der Waals surface area contributed by atoms with Crippen LogP contribution in [0.4, 0.5) is 0 Å². The molecule has 0 radical (unpaired) electrons. The van der Waals surface area contributed by atoms with Gasteiger partial charge >= 0.3 is 0 Å². The van der Waals surface area contributed by atoms with E-state index in [1.54, 1.807) is 0 Å². The van der Waals surface area contributed by atoms with Crippen LogP contribution >= 0.6 is 17.0 Å². The number of piperidine rings is 1. The zero-order valence-electron chi connectivity index (χ0n) is 5.65. The second-order valence-corrected chi connectivity index (χ2v) is 3.28. The molecular weight excluding hydrogens is 178 g/mol. The van der Waals surface area contributed by atoms with Crippen molar-refractivity contribution in [3.8, 4) is 0 Å². The summed E-state index contributed by atoms with van der Waals surface area (Å²) in [5.41, 5.74) is 0.818. The summed E-state index contributed by atoms with van der Waals surface area (Å²) in [6.07, 6.45) is 5.92. The Bertz CT molecular complexity index is 91.1. The molecule has 1 saturated carbocycles. The van der Waals surface area contributed by atoms with E-state index in [4.69, 9.17) is 0 Å². The highest BCUT2D eigenvalue weighted by Gasteiger charge is 2.42. The minimum absolute atomic E-state index is 0. The van der Waals surface area contributed by atoms with Crippen LogP contribution in [0.5, 0.6) is 0 Å². The summed E-state index contributed by atoms with van der Waals surface area (Å²) in [4.78, 5) is 0. The molecule has 2 aliphatic rings. The van der Waals surface area contributed by atoms with Gasteiger partial charge in [-0.2, -0.15) is 0 Å². The first-order valence-corrected chi connectivity index (χ1v) is 3.62. The Morgan fingerprint density at radius 1 is 1.11 bits per heavy atom. The molecule has 2 heteroatoms. The fourth-order valence-corrected chi connectivity index (χ4v) is 1.63. The van der Waals surface area contributed by atoms with Gasteiger partial charge in [0.2, 0.25) is 0 Å². The Kier molecular flexibility index (Phi) is 2.17. The highest BCUT2D eigenvalue weighted by Crippen LogP contribution is 2.49. The summed E-state index contributed by atoms with van der Waals surface area (Å²) in [6, 6.07) is 0. The summed E-state index contributed by atoms with van der Waals surface area (Å²) in [7, 11) is 0. The van der Waals surface area contributed by atoms with Gasteiger partial charge in [0, 0.05) is 6.54 Å². The Balaban J connectivity index is 0.000000405. The van der Waals surface area contributed by atoms with Crippen LogP contribution in [-0.2, 0) is 0 Å². The van der Waals surface area contributed by atoms with Crippen molar-refractivity contribution < 1.29 is 0 Å². The van der Waals surface area contributed by atoms with Crippen molar-refractivity contribution >= 4 is 17.0 Å². The van der Waals surface area contributed by atoms with Crippen molar-refractivity contribution in [1.29, 1.82) is 0 Å². The lowest BCUT2D eigenvalue weighted by atomic mass is 9.97. The maximum Gasteiger partial charge on any atom is 0.000782 e. The van der Waals surface area contributed by atoms with Crippen molar-refractivity contribution in [3.05, 3.63) is 0 Å². The molecule has 1 aliphatic carbocycles. The summed E-state index contributed by atoms with van der Waals surface area (Å²) < 4.78 is 0. The fourth-order valence-electron chi connectivity index (χ4n) is 1.63. The SMILES string of the molecule is Br.C1CNCC2(C1)CC2. The Morgan fingerprint density at radius 2 is 1.89 bits per heavy atom. The zero-order valence-corrected chi connectivity index (χ0v) is 7.36. The van der Waals surface area contributed by atoms with Crippen molar-refractivity contribution in [2.45, 2.75) is 25.7 Å². The molecule has 0 unspecified atom stereocenters. The molecule has 54 valence electrons. The quantitative estimate of drug-likeness (QED) is 0.616. The zero-order chi connectivity index (χ0) is 5.45. The molecule has 1 nitrogen and oxygen atoms in total. The van der Waals surface area contributed by atoms with Crippen LogP contribution in [0.15, 0.2) is 0 Å². The predicted molar refractivity (Wildman–Crippen MR) is 44.1 cm³/mol. The van der Waals surface area contributed by atoms with E-state index in [-0.39, 0.29) is 17.0 Å². The average Bonchev–Trinajstić information content (AvgIpc) is 2.52. The lowest BCUT2D eigenvalue weighted by molar-refractivity contribution is 0.358. The number of halogens is 1. The van der Waals surface area contributed by atoms with Gasteiger partial charge in [0.05, 0.1) is 0 Å². The molecule has 1 spiro atoms. The molecule has 9 heavy (non-hydrogen) atoms. The minimum Gasteiger partial charge on any atom is -0.316 e. The van der Waals surface area contributed by atoms with E-state index in [1.807, 2.05) is 0 Å². The second-order valence-electron chi connectivity index (χ2n) is 3.28. The van der Waals surface area contributed by atoms with Gasteiger partial charge in [-0.1, -0.05) is 0 Å². The molecule has 2 rings (SSSR count). The van der Waals surface area contributed by atoms with Crippen molar-refractivity contribution in [2.24, 2.45) is 5.41 Å². The van der Waals surface area contributed by atoms with Crippen molar-refractivity contribution in [2.75, 3.05) is 13.1 Å². The Labute approximate surface area is 67.0 Å². The van der Waals surface area contributed by atoms with Crippen LogP contribution in [0.3, 0.4) is 0 Å². The summed E-state index contributed by atoms with van der Waals surface area (Å²) in [5, 5.41) is 3.44. The van der Waals surface area contributed by atoms with Gasteiger partial charge in [-0.25, -0.2) is 0 Å². The van der Waals surface area contributed by atoms with E-state index in [0.717, 1.165) is 5.41 Å². The number of nitrogens with one attached hydrogen (secondary N) is 1. The van der Waals surface area contributed by atoms with E-state index in [2.05, 4.69) is 5.32 Å². The third-order valence-corrected chi connectivity index (χ3v) is 2.52. The van der Waals surface area contributed by atoms with Gasteiger partial charge in [-0.15, -0.1) is 17.0 Å². The second kappa shape index (κ2) is 2.59. The van der Waals surface area contributed by atoms with E-state index < -0.39 is 0 Å². The lowest BCUT2D eigenvalue weighted by Gasteiger charge is -2.21. The van der Waals surface area contributed by atoms with Gasteiger partial charge in [0.25, 0.3) is 0 Å². The first kappa shape index (κ1) is 7.55. The van der Waals surface area contributed by atoms with Crippen LogP contribution in [-0.4, -0.2) is 13.1 Å². The molecule has 2 fully saturated rings. The topological polar surface area (TPSA) is 12.0 Å². The standard InChI is InChI=1S/C7H13N.BrH/c1-2-7(3-4-7)6-8-5-1;/h8H,1-6H2;1H. The van der Waals surface area contributed by atoms with Gasteiger partial charge in [-0.05, 0) is 37.6 Å². The molecule has 1 heterocycles. The maximum atomic E-state index is 3.44. The summed E-state index contributed by atoms with van der Waals surface area (Å²) >= 11 is 0. The molecule has 0 aromatic heterocycles. The lowest BCUT2D eigenvalue weighted by Crippen LogP contribution is -2.30. The van der Waals surface area contributed by atoms with Crippen molar-refractivity contribution in [1.82, 2.24) is 5.32 Å². The predicted octanol–water partition coefficient (Wildman–Crippen LogP) is 1.73. The van der Waals surface area contributed by atoms with Crippen LogP contribution in [0.25, 0.3) is 0 Å². The monoisotopic (exact) mass is 191 g/mol. The fraction of sp³-hybridized carbons (Fsp3) is 1.00. The highest BCUT2D eigenvalue weighted by atomic mass is 79.9. The van der Waals surface area contributed by atoms with Crippen molar-refractivity contribution in [3.63, 3.8) is 0 Å². The average molecular weight is 192 g/mol. The maximum absolute atomic E-state index is 3.44. The van der Waals surface area contributed by atoms with E-state index in [9.17, 15) is 0 Å². The van der Waals surface area contributed by atoms with E-state index in [0.29, 0.717) is 0 Å². The molecule has 1 aliphatic heterocycles. The molecule has 1 saturated heterocycles. The minimum atomic E-state index is 0. The summed E-state index contributed by atoms with van der Waals surface area (Å²) in [5.74, 6) is 0. The number of hydrogen-bond acceptors (Lipinski definition) is 1. The molecule has 0 atom stereocenters. The van der Waals surface area contributed by atoms with Crippen LogP contribution in [0, 0.1) is 5.41 Å². The van der Waals surface area contributed by atoms with Gasteiger partial charge in [0.1, 0.15) is 0 Å². The highest BCUT2D eigenvalue weighted by molar-refractivity contribution is 8.93. The van der Waals surface area contributed by atoms with Crippen LogP contribution < -0.4 is 5.32 Å². The first-order valence-electron chi connectivity index (χ1n) is 3.62. The van der Waals surface area contributed by atoms with Gasteiger partial charge < -0.3 is 5.32 Å². The number of rotatable bonds is 0. The normalized spacial score (nSPS) is 29.3. The van der Waals surface area contributed by atoms with Gasteiger partial charge in [0.15, 0.2) is 0 Å². The molecular formula is C7H14BrN.